The van der Waals surface area contributed by atoms with Gasteiger partial charge in [0.1, 0.15) is 18.0 Å². The predicted molar refractivity (Wildman–Crippen MR) is 57.0 cm³/mol. The number of nitrogens with zero attached hydrogens (tertiary/aromatic N) is 2. The van der Waals surface area contributed by atoms with Gasteiger partial charge in [0, 0.05) is 14.0 Å². The second kappa shape index (κ2) is 4.50. The Balaban J connectivity index is 3.11. The second-order valence-electron chi connectivity index (χ2n) is 2.99. The lowest BCUT2D eigenvalue weighted by molar-refractivity contribution is -0.117. The molecular weight excluding hydrogens is 194 g/mol. The van der Waals surface area contributed by atoms with E-state index in [0.717, 1.165) is 0 Å². The lowest BCUT2D eigenvalue weighted by Crippen LogP contribution is -2.29. The maximum Gasteiger partial charge on any atom is 0.222 e. The summed E-state index contributed by atoms with van der Waals surface area (Å²) in [6.45, 7) is 3.11. The third kappa shape index (κ3) is 2.49. The van der Waals surface area contributed by atoms with Crippen LogP contribution in [0.5, 0.6) is 0 Å². The average Bonchev–Trinajstić information content (AvgIpc) is 2.15. The van der Waals surface area contributed by atoms with Gasteiger partial charge in [-0.05, 0) is 6.92 Å². The number of hydrogen-bond acceptors (Lipinski definition) is 5. The summed E-state index contributed by atoms with van der Waals surface area (Å²) in [5, 5.41) is 12.9. The number of amides is 1. The number of rotatable bonds is 2. The van der Waals surface area contributed by atoms with Gasteiger partial charge in [-0.1, -0.05) is 0 Å². The van der Waals surface area contributed by atoms with Crippen molar-refractivity contribution in [1.29, 1.82) is 5.41 Å². The van der Waals surface area contributed by atoms with Gasteiger partial charge in [0.25, 0.3) is 0 Å². The Labute approximate surface area is 87.6 Å². The van der Waals surface area contributed by atoms with Crippen LogP contribution in [0.1, 0.15) is 18.2 Å². The van der Waals surface area contributed by atoms with Gasteiger partial charge in [-0.2, -0.15) is 0 Å². The van der Waals surface area contributed by atoms with E-state index in [1.165, 1.54) is 13.3 Å². The van der Waals surface area contributed by atoms with Crippen molar-refractivity contribution in [2.45, 2.75) is 13.8 Å². The van der Waals surface area contributed by atoms with Gasteiger partial charge in [0.05, 0.1) is 11.3 Å². The molecule has 1 aromatic heterocycles. The molecule has 0 saturated heterocycles. The highest BCUT2D eigenvalue weighted by molar-refractivity contribution is 6.08. The second-order valence-corrected chi connectivity index (χ2v) is 2.99. The van der Waals surface area contributed by atoms with Crippen molar-refractivity contribution in [3.63, 3.8) is 0 Å². The Morgan fingerprint density at radius 3 is 2.67 bits per heavy atom. The van der Waals surface area contributed by atoms with Crippen LogP contribution in [-0.4, -0.2) is 28.8 Å². The fourth-order valence-corrected chi connectivity index (χ4v) is 1.20. The first kappa shape index (κ1) is 11.1. The molecule has 6 nitrogen and oxygen atoms in total. The fraction of sp³-hybridized carbons (Fsp3) is 0.333. The standard InChI is InChI=1S/C9H13N5O/c1-5-7(8(10)14-6(2)15)9(11-3)13-4-12-5/h4H,1-3H3,(H2,10,14,15)(H,11,12,13). The summed E-state index contributed by atoms with van der Waals surface area (Å²) in [4.78, 5) is 18.8. The first-order chi connectivity index (χ1) is 7.06. The van der Waals surface area contributed by atoms with Crippen molar-refractivity contribution in [3.05, 3.63) is 17.6 Å². The van der Waals surface area contributed by atoms with Crippen molar-refractivity contribution in [3.8, 4) is 0 Å². The third-order valence-corrected chi connectivity index (χ3v) is 1.82. The molecule has 6 heteroatoms. The predicted octanol–water partition coefficient (Wildman–Crippen LogP) is 0.288. The number of hydrogen-bond donors (Lipinski definition) is 3. The zero-order valence-electron chi connectivity index (χ0n) is 8.88. The summed E-state index contributed by atoms with van der Waals surface area (Å²) >= 11 is 0. The topological polar surface area (TPSA) is 90.8 Å². The van der Waals surface area contributed by atoms with Crippen LogP contribution in [-0.2, 0) is 4.79 Å². The molecule has 0 unspecified atom stereocenters. The van der Waals surface area contributed by atoms with Crippen molar-refractivity contribution in [2.75, 3.05) is 12.4 Å². The van der Waals surface area contributed by atoms with E-state index in [9.17, 15) is 4.79 Å². The van der Waals surface area contributed by atoms with Crippen LogP contribution in [0, 0.1) is 12.3 Å². The Bertz CT molecular complexity index is 401. The number of anilines is 1. The van der Waals surface area contributed by atoms with E-state index in [1.807, 2.05) is 0 Å². The van der Waals surface area contributed by atoms with E-state index in [2.05, 4.69) is 20.6 Å². The van der Waals surface area contributed by atoms with Crippen molar-refractivity contribution < 1.29 is 4.79 Å². The van der Waals surface area contributed by atoms with Gasteiger partial charge in [0.15, 0.2) is 0 Å². The van der Waals surface area contributed by atoms with Crippen LogP contribution in [0.2, 0.25) is 0 Å². The molecule has 0 atom stereocenters. The fourth-order valence-electron chi connectivity index (χ4n) is 1.20. The Morgan fingerprint density at radius 2 is 2.13 bits per heavy atom. The first-order valence-corrected chi connectivity index (χ1v) is 4.42. The maximum absolute atomic E-state index is 10.8. The SMILES string of the molecule is CNc1ncnc(C)c1C(=N)NC(C)=O. The lowest BCUT2D eigenvalue weighted by Gasteiger charge is -2.11. The summed E-state index contributed by atoms with van der Waals surface area (Å²) in [5.41, 5.74) is 1.16. The van der Waals surface area contributed by atoms with Crippen LogP contribution < -0.4 is 10.6 Å². The Morgan fingerprint density at radius 1 is 1.47 bits per heavy atom. The smallest absolute Gasteiger partial charge is 0.222 e. The van der Waals surface area contributed by atoms with Crippen molar-refractivity contribution >= 4 is 17.6 Å². The van der Waals surface area contributed by atoms with Gasteiger partial charge < -0.3 is 10.6 Å². The first-order valence-electron chi connectivity index (χ1n) is 4.42. The zero-order chi connectivity index (χ0) is 11.4. The summed E-state index contributed by atoms with van der Waals surface area (Å²) in [6, 6.07) is 0. The number of aryl methyl sites for hydroxylation is 1. The van der Waals surface area contributed by atoms with Gasteiger partial charge in [-0.3, -0.25) is 10.2 Å². The van der Waals surface area contributed by atoms with E-state index >= 15 is 0 Å². The van der Waals surface area contributed by atoms with Crippen LogP contribution in [0.3, 0.4) is 0 Å². The molecule has 0 bridgehead atoms. The van der Waals surface area contributed by atoms with Crippen LogP contribution in [0.4, 0.5) is 5.82 Å². The monoisotopic (exact) mass is 207 g/mol. The zero-order valence-corrected chi connectivity index (χ0v) is 8.88. The van der Waals surface area contributed by atoms with Gasteiger partial charge in [-0.25, -0.2) is 9.97 Å². The molecule has 0 aliphatic rings. The minimum Gasteiger partial charge on any atom is -0.372 e. The molecule has 80 valence electrons. The van der Waals surface area contributed by atoms with Gasteiger partial charge >= 0.3 is 0 Å². The van der Waals surface area contributed by atoms with E-state index in [1.54, 1.807) is 14.0 Å². The highest BCUT2D eigenvalue weighted by Crippen LogP contribution is 2.13. The molecule has 0 aliphatic heterocycles. The van der Waals surface area contributed by atoms with Gasteiger partial charge in [-0.15, -0.1) is 0 Å². The van der Waals surface area contributed by atoms with Crippen LogP contribution >= 0.6 is 0 Å². The minimum atomic E-state index is -0.287. The number of amidine groups is 1. The Kier molecular flexibility index (Phi) is 3.33. The van der Waals surface area contributed by atoms with E-state index in [-0.39, 0.29) is 11.7 Å². The van der Waals surface area contributed by atoms with Gasteiger partial charge in [0.2, 0.25) is 5.91 Å². The summed E-state index contributed by atoms with van der Waals surface area (Å²) < 4.78 is 0. The van der Waals surface area contributed by atoms with Crippen molar-refractivity contribution in [1.82, 2.24) is 15.3 Å². The molecule has 1 rings (SSSR count). The molecule has 0 spiro atoms. The normalized spacial score (nSPS) is 9.53. The molecular formula is C9H13N5O. The molecule has 0 aromatic carbocycles. The molecule has 1 heterocycles. The van der Waals surface area contributed by atoms with Crippen LogP contribution in [0.25, 0.3) is 0 Å². The molecule has 0 fully saturated rings. The summed E-state index contributed by atoms with van der Waals surface area (Å²) in [6.07, 6.45) is 1.41. The number of aromatic nitrogens is 2. The molecule has 0 aliphatic carbocycles. The molecule has 15 heavy (non-hydrogen) atoms. The molecule has 1 amide bonds. The molecule has 0 radical (unpaired) electrons. The number of carbonyl (C=O) groups excluding carboxylic acids is 1. The highest BCUT2D eigenvalue weighted by Gasteiger charge is 2.13. The highest BCUT2D eigenvalue weighted by atomic mass is 16.1. The Hall–Kier alpha value is -1.98. The lowest BCUT2D eigenvalue weighted by atomic mass is 10.2. The average molecular weight is 207 g/mol. The largest absolute Gasteiger partial charge is 0.372 e. The minimum absolute atomic E-state index is 0.00458. The van der Waals surface area contributed by atoms with E-state index in [0.29, 0.717) is 17.1 Å². The van der Waals surface area contributed by atoms with Crippen LogP contribution in [0.15, 0.2) is 6.33 Å². The summed E-state index contributed by atoms with van der Waals surface area (Å²) in [5.74, 6) is 0.247. The molecule has 3 N–H and O–H groups in total. The summed E-state index contributed by atoms with van der Waals surface area (Å²) in [7, 11) is 1.70. The molecule has 1 aromatic rings. The molecule has 0 saturated carbocycles. The quantitative estimate of drug-likeness (QED) is 0.480. The number of nitrogens with one attached hydrogen (secondary N) is 3. The third-order valence-electron chi connectivity index (χ3n) is 1.82. The van der Waals surface area contributed by atoms with Crippen molar-refractivity contribution in [2.24, 2.45) is 0 Å². The van der Waals surface area contributed by atoms with E-state index in [4.69, 9.17) is 5.41 Å². The number of carbonyl (C=O) groups is 1. The maximum atomic E-state index is 10.8. The van der Waals surface area contributed by atoms with E-state index < -0.39 is 0 Å².